The maximum absolute atomic E-state index is 9.57. The highest BCUT2D eigenvalue weighted by atomic mass is 15.2. The lowest BCUT2D eigenvalue weighted by Crippen LogP contribution is -2.36. The summed E-state index contributed by atoms with van der Waals surface area (Å²) in [6, 6.07) is 28.5. The Balaban J connectivity index is 1.47. The summed E-state index contributed by atoms with van der Waals surface area (Å²) < 4.78 is 0. The lowest BCUT2D eigenvalue weighted by atomic mass is 9.90. The predicted octanol–water partition coefficient (Wildman–Crippen LogP) is 6.76. The summed E-state index contributed by atoms with van der Waals surface area (Å²) in [5, 5.41) is 22.5. The molecule has 0 fully saturated rings. The first-order chi connectivity index (χ1) is 18.1. The van der Waals surface area contributed by atoms with Crippen molar-refractivity contribution in [3.63, 3.8) is 0 Å². The van der Waals surface area contributed by atoms with Gasteiger partial charge >= 0.3 is 0 Å². The average Bonchev–Trinajstić information content (AvgIpc) is 3.45. The van der Waals surface area contributed by atoms with E-state index < -0.39 is 0 Å². The summed E-state index contributed by atoms with van der Waals surface area (Å²) in [6.07, 6.45) is 7.33. The van der Waals surface area contributed by atoms with Gasteiger partial charge in [-0.2, -0.15) is 10.5 Å². The number of hydrogen-bond donors (Lipinski definition) is 1. The van der Waals surface area contributed by atoms with Crippen molar-refractivity contribution in [3.8, 4) is 12.1 Å². The van der Waals surface area contributed by atoms with Crippen LogP contribution in [0.3, 0.4) is 0 Å². The predicted molar refractivity (Wildman–Crippen MR) is 148 cm³/mol. The first kappa shape index (κ1) is 23.0. The third-order valence-corrected chi connectivity index (χ3v) is 7.99. The molecule has 0 aliphatic carbocycles. The van der Waals surface area contributed by atoms with E-state index in [1.54, 1.807) is 0 Å². The summed E-state index contributed by atoms with van der Waals surface area (Å²) in [4.78, 5) is 4.87. The van der Waals surface area contributed by atoms with Gasteiger partial charge in [0.25, 0.3) is 0 Å². The van der Waals surface area contributed by atoms with Gasteiger partial charge in [0.2, 0.25) is 0 Å². The van der Waals surface area contributed by atoms with Gasteiger partial charge < -0.3 is 15.1 Å². The Morgan fingerprint density at radius 3 is 2.54 bits per heavy atom. The van der Waals surface area contributed by atoms with Gasteiger partial charge in [0, 0.05) is 52.7 Å². The highest BCUT2D eigenvalue weighted by Crippen LogP contribution is 2.50. The van der Waals surface area contributed by atoms with Gasteiger partial charge in [0.05, 0.1) is 23.7 Å². The molecule has 3 aliphatic heterocycles. The fraction of sp³-hybridized carbons (Fsp3) is 0.250. The average molecular weight is 484 g/mol. The monoisotopic (exact) mass is 483 g/mol. The second kappa shape index (κ2) is 9.19. The first-order valence-electron chi connectivity index (χ1n) is 12.9. The number of hydrogen-bond acceptors (Lipinski definition) is 5. The van der Waals surface area contributed by atoms with E-state index >= 15 is 0 Å². The van der Waals surface area contributed by atoms with Crippen molar-refractivity contribution in [2.24, 2.45) is 0 Å². The van der Waals surface area contributed by atoms with Crippen LogP contribution >= 0.6 is 0 Å². The molecule has 1 N–H and O–H groups in total. The van der Waals surface area contributed by atoms with E-state index in [2.05, 4.69) is 107 Å². The van der Waals surface area contributed by atoms with E-state index in [1.807, 2.05) is 19.1 Å². The molecule has 5 heteroatoms. The second-order valence-corrected chi connectivity index (χ2v) is 10.0. The summed E-state index contributed by atoms with van der Waals surface area (Å²) >= 11 is 0. The first-order valence-corrected chi connectivity index (χ1v) is 12.9. The molecule has 37 heavy (non-hydrogen) atoms. The van der Waals surface area contributed by atoms with Crippen LogP contribution < -0.4 is 15.1 Å². The molecule has 182 valence electrons. The molecule has 3 heterocycles. The zero-order valence-electron chi connectivity index (χ0n) is 21.1. The van der Waals surface area contributed by atoms with Gasteiger partial charge in [-0.1, -0.05) is 37.3 Å². The minimum absolute atomic E-state index is 0.0425. The third kappa shape index (κ3) is 3.67. The maximum Gasteiger partial charge on any atom is 0.0991 e. The Morgan fingerprint density at radius 2 is 1.76 bits per heavy atom. The number of anilines is 4. The topological polar surface area (TPSA) is 66.1 Å². The molecular weight excluding hydrogens is 454 g/mol. The molecule has 5 nitrogen and oxygen atoms in total. The van der Waals surface area contributed by atoms with Crippen LogP contribution in [0.4, 0.5) is 22.7 Å². The number of nitrogens with zero attached hydrogens (tertiary/aromatic N) is 4. The molecule has 0 spiro atoms. The molecule has 6 rings (SSSR count). The Morgan fingerprint density at radius 1 is 0.973 bits per heavy atom. The van der Waals surface area contributed by atoms with Crippen LogP contribution in [0.1, 0.15) is 48.8 Å². The SMILES string of the molecule is CCC1C(/C=C(\C)C#N)c2cc(C#N)ccc2N1c1cccc(N2c3ccccc3C3CNC=CC32)c1. The van der Waals surface area contributed by atoms with Gasteiger partial charge in [-0.15, -0.1) is 0 Å². The molecule has 3 aromatic carbocycles. The highest BCUT2D eigenvalue weighted by molar-refractivity contribution is 5.80. The number of allylic oxidation sites excluding steroid dienone is 1. The minimum atomic E-state index is 0.0425. The third-order valence-electron chi connectivity index (χ3n) is 7.99. The zero-order valence-corrected chi connectivity index (χ0v) is 21.1. The molecule has 0 bridgehead atoms. The fourth-order valence-corrected chi connectivity index (χ4v) is 6.39. The second-order valence-electron chi connectivity index (χ2n) is 10.0. The van der Waals surface area contributed by atoms with Crippen molar-refractivity contribution in [1.29, 1.82) is 10.5 Å². The van der Waals surface area contributed by atoms with Crippen molar-refractivity contribution in [2.45, 2.75) is 44.2 Å². The molecule has 0 radical (unpaired) electrons. The number of benzene rings is 3. The summed E-state index contributed by atoms with van der Waals surface area (Å²) in [6.45, 7) is 4.99. The van der Waals surface area contributed by atoms with Crippen LogP contribution in [-0.4, -0.2) is 18.6 Å². The lowest BCUT2D eigenvalue weighted by Gasteiger charge is -2.33. The fourth-order valence-electron chi connectivity index (χ4n) is 6.39. The van der Waals surface area contributed by atoms with E-state index in [9.17, 15) is 10.5 Å². The molecule has 0 saturated heterocycles. The van der Waals surface area contributed by atoms with Crippen molar-refractivity contribution >= 4 is 22.7 Å². The van der Waals surface area contributed by atoms with Gasteiger partial charge in [-0.3, -0.25) is 0 Å². The highest BCUT2D eigenvalue weighted by Gasteiger charge is 2.40. The Kier molecular flexibility index (Phi) is 5.70. The number of nitriles is 2. The Bertz CT molecular complexity index is 1500. The minimum Gasteiger partial charge on any atom is -0.390 e. The zero-order chi connectivity index (χ0) is 25.5. The van der Waals surface area contributed by atoms with Crippen LogP contribution in [0, 0.1) is 22.7 Å². The standard InChI is InChI=1S/C32H29N5/c1-3-29-26(15-21(2)18-33)27-16-22(19-34)11-12-31(27)36(29)23-7-6-8-24(17-23)37-30-10-5-4-9-25(30)28-20-35-14-13-32(28)37/h4-17,26,28-29,32,35H,3,20H2,1-2H3/b21-15+. The summed E-state index contributed by atoms with van der Waals surface area (Å²) in [5.74, 6) is 0.453. The number of nitrogens with one attached hydrogen (secondary N) is 1. The number of para-hydroxylation sites is 1. The van der Waals surface area contributed by atoms with Crippen LogP contribution in [0.2, 0.25) is 0 Å². The summed E-state index contributed by atoms with van der Waals surface area (Å²) in [5.41, 5.74) is 8.51. The Hall–Kier alpha value is -4.48. The van der Waals surface area contributed by atoms with Gasteiger partial charge in [-0.25, -0.2) is 0 Å². The smallest absolute Gasteiger partial charge is 0.0991 e. The molecule has 0 saturated carbocycles. The van der Waals surface area contributed by atoms with E-state index in [-0.39, 0.29) is 18.0 Å². The van der Waals surface area contributed by atoms with Crippen LogP contribution in [0.25, 0.3) is 0 Å². The molecule has 0 amide bonds. The van der Waals surface area contributed by atoms with E-state index in [1.165, 1.54) is 16.9 Å². The summed E-state index contributed by atoms with van der Waals surface area (Å²) in [7, 11) is 0. The maximum atomic E-state index is 9.57. The molecule has 3 aliphatic rings. The van der Waals surface area contributed by atoms with Gasteiger partial charge in [-0.05, 0) is 79.2 Å². The van der Waals surface area contributed by atoms with Crippen LogP contribution in [-0.2, 0) is 0 Å². The van der Waals surface area contributed by atoms with E-state index in [0.717, 1.165) is 29.9 Å². The molecule has 4 atom stereocenters. The molecule has 4 unspecified atom stereocenters. The quantitative estimate of drug-likeness (QED) is 0.415. The number of rotatable bonds is 4. The largest absolute Gasteiger partial charge is 0.390 e. The van der Waals surface area contributed by atoms with Gasteiger partial charge in [0.15, 0.2) is 0 Å². The van der Waals surface area contributed by atoms with Crippen LogP contribution in [0.5, 0.6) is 0 Å². The van der Waals surface area contributed by atoms with E-state index in [4.69, 9.17) is 0 Å². The number of fused-ring (bicyclic) bond motifs is 4. The van der Waals surface area contributed by atoms with Gasteiger partial charge in [0.1, 0.15) is 0 Å². The Labute approximate surface area is 218 Å². The van der Waals surface area contributed by atoms with Crippen molar-refractivity contribution < 1.29 is 0 Å². The lowest BCUT2D eigenvalue weighted by molar-refractivity contribution is 0.581. The normalized spacial score (nSPS) is 23.5. The van der Waals surface area contributed by atoms with Crippen molar-refractivity contribution in [2.75, 3.05) is 16.3 Å². The van der Waals surface area contributed by atoms with E-state index in [0.29, 0.717) is 17.1 Å². The van der Waals surface area contributed by atoms with Crippen LogP contribution in [0.15, 0.2) is 90.7 Å². The van der Waals surface area contributed by atoms with Crippen molar-refractivity contribution in [3.05, 3.63) is 107 Å². The molecule has 0 aromatic heterocycles. The molecule has 3 aromatic rings. The van der Waals surface area contributed by atoms with Crippen molar-refractivity contribution in [1.82, 2.24) is 5.32 Å². The molecular formula is C32H29N5.